The molecule has 0 aliphatic heterocycles. The lowest BCUT2D eigenvalue weighted by atomic mass is 10.4. The van der Waals surface area contributed by atoms with Crippen molar-refractivity contribution in [1.29, 1.82) is 0 Å². The fourth-order valence-corrected chi connectivity index (χ4v) is 1.31. The highest BCUT2D eigenvalue weighted by Gasteiger charge is 2.10. The van der Waals surface area contributed by atoms with Crippen LogP contribution in [0, 0.1) is 0 Å². The molecule has 2 nitrogen and oxygen atoms in total. The summed E-state index contributed by atoms with van der Waals surface area (Å²) < 4.78 is 0. The van der Waals surface area contributed by atoms with Gasteiger partial charge in [0, 0.05) is 12.8 Å². The van der Waals surface area contributed by atoms with Crippen LogP contribution in [0.15, 0.2) is 0 Å². The summed E-state index contributed by atoms with van der Waals surface area (Å²) in [7, 11) is 1.58. The summed E-state index contributed by atoms with van der Waals surface area (Å²) in [5.41, 5.74) is 0. The molecule has 54 valence electrons. The average molecular weight is 168 g/mol. The molecular formula is C5H10ClNOS. The van der Waals surface area contributed by atoms with Crippen LogP contribution in [0.5, 0.6) is 0 Å². The molecule has 0 rings (SSSR count). The number of hydrogen-bond acceptors (Lipinski definition) is 2. The van der Waals surface area contributed by atoms with Crippen LogP contribution in [0.4, 0.5) is 0 Å². The normalized spacial score (nSPS) is 12.8. The van der Waals surface area contributed by atoms with Crippen LogP contribution in [-0.4, -0.2) is 30.3 Å². The van der Waals surface area contributed by atoms with Crippen molar-refractivity contribution in [3.05, 3.63) is 0 Å². The molecule has 0 aromatic rings. The predicted molar refractivity (Wildman–Crippen MR) is 42.1 cm³/mol. The van der Waals surface area contributed by atoms with E-state index in [0.717, 1.165) is 0 Å². The van der Waals surface area contributed by atoms with E-state index in [2.05, 4.69) is 5.32 Å². The molecule has 0 fully saturated rings. The lowest BCUT2D eigenvalue weighted by Crippen LogP contribution is -2.29. The number of halogens is 1. The van der Waals surface area contributed by atoms with E-state index in [4.69, 9.17) is 11.6 Å². The van der Waals surface area contributed by atoms with Gasteiger partial charge >= 0.3 is 0 Å². The predicted octanol–water partition coefficient (Wildman–Crippen LogP) is 0.703. The first-order valence-electron chi connectivity index (χ1n) is 2.57. The van der Waals surface area contributed by atoms with Crippen LogP contribution in [0.1, 0.15) is 0 Å². The highest BCUT2D eigenvalue weighted by atomic mass is 35.5. The summed E-state index contributed by atoms with van der Waals surface area (Å²) in [4.78, 5) is 10.6. The zero-order valence-corrected chi connectivity index (χ0v) is 7.05. The van der Waals surface area contributed by atoms with E-state index >= 15 is 0 Å². The smallest absolute Gasteiger partial charge is 0.238 e. The molecule has 0 aromatic carbocycles. The first-order chi connectivity index (χ1) is 4.22. The van der Waals surface area contributed by atoms with Gasteiger partial charge in [0.1, 0.15) is 5.38 Å². The number of alkyl halides is 1. The molecule has 4 heteroatoms. The zero-order chi connectivity index (χ0) is 7.28. The summed E-state index contributed by atoms with van der Waals surface area (Å²) in [5.74, 6) is 0.562. The number of nitrogens with one attached hydrogen (secondary N) is 1. The van der Waals surface area contributed by atoms with Crippen molar-refractivity contribution >= 4 is 29.3 Å². The third kappa shape index (κ3) is 3.65. The standard InChI is InChI=1S/C5H10ClNOS/c1-7-5(8)4(6)3-9-2/h4H,3H2,1-2H3,(H,7,8). The van der Waals surface area contributed by atoms with E-state index in [1.165, 1.54) is 0 Å². The SMILES string of the molecule is CNC(=O)C(Cl)CSC. The quantitative estimate of drug-likeness (QED) is 0.628. The molecule has 1 atom stereocenters. The van der Waals surface area contributed by atoms with Gasteiger partial charge in [0.05, 0.1) is 0 Å². The van der Waals surface area contributed by atoms with Crippen molar-refractivity contribution in [3.8, 4) is 0 Å². The Morgan fingerprint density at radius 2 is 2.44 bits per heavy atom. The van der Waals surface area contributed by atoms with Gasteiger partial charge in [0.15, 0.2) is 0 Å². The van der Waals surface area contributed by atoms with E-state index in [0.29, 0.717) is 5.75 Å². The lowest BCUT2D eigenvalue weighted by Gasteiger charge is -2.03. The maximum absolute atomic E-state index is 10.6. The number of rotatable bonds is 3. The minimum absolute atomic E-state index is 0.106. The first kappa shape index (κ1) is 9.11. The Morgan fingerprint density at radius 1 is 1.89 bits per heavy atom. The van der Waals surface area contributed by atoms with Crippen LogP contribution in [0.2, 0.25) is 0 Å². The number of carbonyl (C=O) groups excluding carboxylic acids is 1. The average Bonchev–Trinajstić information content (AvgIpc) is 1.87. The van der Waals surface area contributed by atoms with Gasteiger partial charge in [-0.25, -0.2) is 0 Å². The van der Waals surface area contributed by atoms with Crippen molar-refractivity contribution < 1.29 is 4.79 Å². The fourth-order valence-electron chi connectivity index (χ4n) is 0.379. The third-order valence-corrected chi connectivity index (χ3v) is 2.05. The van der Waals surface area contributed by atoms with Crippen molar-refractivity contribution in [2.24, 2.45) is 0 Å². The van der Waals surface area contributed by atoms with Gasteiger partial charge in [0.25, 0.3) is 0 Å². The Labute approximate surface area is 64.3 Å². The second-order valence-corrected chi connectivity index (χ2v) is 2.97. The Balaban J connectivity index is 3.45. The number of carbonyl (C=O) groups is 1. The molecule has 0 aliphatic carbocycles. The Bertz CT molecular complexity index is 99.0. The summed E-state index contributed by atoms with van der Waals surface area (Å²) in [6.45, 7) is 0. The van der Waals surface area contributed by atoms with Crippen molar-refractivity contribution in [1.82, 2.24) is 5.32 Å². The summed E-state index contributed by atoms with van der Waals surface area (Å²) in [5, 5.41) is 2.08. The molecule has 0 radical (unpaired) electrons. The topological polar surface area (TPSA) is 29.1 Å². The molecule has 0 spiro atoms. The Kier molecular flexibility index (Phi) is 5.00. The Hall–Kier alpha value is 0.110. The minimum Gasteiger partial charge on any atom is -0.358 e. The zero-order valence-electron chi connectivity index (χ0n) is 5.48. The molecule has 9 heavy (non-hydrogen) atoms. The molecule has 1 N–H and O–H groups in total. The van der Waals surface area contributed by atoms with Crippen molar-refractivity contribution in [2.75, 3.05) is 19.1 Å². The molecular weight excluding hydrogens is 158 g/mol. The second-order valence-electron chi connectivity index (χ2n) is 1.54. The van der Waals surface area contributed by atoms with Crippen molar-refractivity contribution in [2.45, 2.75) is 5.38 Å². The molecule has 0 aromatic heterocycles. The maximum atomic E-state index is 10.6. The van der Waals surface area contributed by atoms with Gasteiger partial charge < -0.3 is 5.32 Å². The Morgan fingerprint density at radius 3 is 2.78 bits per heavy atom. The summed E-state index contributed by atoms with van der Waals surface area (Å²) >= 11 is 7.16. The van der Waals surface area contributed by atoms with Crippen LogP contribution in [0.25, 0.3) is 0 Å². The first-order valence-corrected chi connectivity index (χ1v) is 4.40. The summed E-state index contributed by atoms with van der Waals surface area (Å²) in [6.07, 6.45) is 1.92. The molecule has 0 bridgehead atoms. The monoisotopic (exact) mass is 167 g/mol. The molecule has 0 saturated heterocycles. The summed E-state index contributed by atoms with van der Waals surface area (Å²) in [6, 6.07) is 0. The van der Waals surface area contributed by atoms with Crippen molar-refractivity contribution in [3.63, 3.8) is 0 Å². The fraction of sp³-hybridized carbons (Fsp3) is 0.800. The molecule has 0 saturated carbocycles. The van der Waals surface area contributed by atoms with Crippen LogP contribution in [-0.2, 0) is 4.79 Å². The molecule has 0 aliphatic rings. The van der Waals surface area contributed by atoms with E-state index in [-0.39, 0.29) is 11.3 Å². The lowest BCUT2D eigenvalue weighted by molar-refractivity contribution is -0.119. The van der Waals surface area contributed by atoms with Gasteiger partial charge in [-0.1, -0.05) is 0 Å². The van der Waals surface area contributed by atoms with Crippen LogP contribution in [0.3, 0.4) is 0 Å². The minimum atomic E-state index is -0.384. The van der Waals surface area contributed by atoms with Gasteiger partial charge in [-0.05, 0) is 6.26 Å². The van der Waals surface area contributed by atoms with E-state index < -0.39 is 0 Å². The van der Waals surface area contributed by atoms with Gasteiger partial charge in [-0.2, -0.15) is 11.8 Å². The van der Waals surface area contributed by atoms with E-state index in [1.807, 2.05) is 6.26 Å². The number of thioether (sulfide) groups is 1. The van der Waals surface area contributed by atoms with Crippen LogP contribution < -0.4 is 5.32 Å². The van der Waals surface area contributed by atoms with Crippen LogP contribution >= 0.6 is 23.4 Å². The molecule has 1 amide bonds. The highest BCUT2D eigenvalue weighted by Crippen LogP contribution is 2.03. The second kappa shape index (κ2) is 4.94. The largest absolute Gasteiger partial charge is 0.358 e. The third-order valence-electron chi connectivity index (χ3n) is 0.844. The van der Waals surface area contributed by atoms with E-state index in [1.54, 1.807) is 18.8 Å². The highest BCUT2D eigenvalue weighted by molar-refractivity contribution is 7.98. The van der Waals surface area contributed by atoms with Gasteiger partial charge in [0.2, 0.25) is 5.91 Å². The van der Waals surface area contributed by atoms with Gasteiger partial charge in [-0.3, -0.25) is 4.79 Å². The molecule has 0 heterocycles. The van der Waals surface area contributed by atoms with Gasteiger partial charge in [-0.15, -0.1) is 11.6 Å². The molecule has 1 unspecified atom stereocenters. The maximum Gasteiger partial charge on any atom is 0.238 e. The van der Waals surface area contributed by atoms with E-state index in [9.17, 15) is 4.79 Å². The number of hydrogen-bond donors (Lipinski definition) is 1. The number of amides is 1.